The molecule has 0 spiro atoms. The fourth-order valence-corrected chi connectivity index (χ4v) is 5.58. The van der Waals surface area contributed by atoms with Gasteiger partial charge in [0.2, 0.25) is 0 Å². The molecule has 6 aromatic heterocycles. The van der Waals surface area contributed by atoms with Crippen molar-refractivity contribution < 1.29 is 0 Å². The highest BCUT2D eigenvalue weighted by Gasteiger charge is 2.10. The normalized spacial score (nSPS) is 10.5. The fourth-order valence-electron chi connectivity index (χ4n) is 5.58. The SMILES string of the molecule is C(#Cc1ccc(C#Cc2cc(-c3ccccn3)nc(-c3ccccn3)c2)c2ccccc12)c1cc(-c2ccccn2)nc(-c2ccccn2)c1. The number of benzene rings is 2. The van der Waals surface area contributed by atoms with E-state index in [0.717, 1.165) is 78.6 Å². The van der Waals surface area contributed by atoms with E-state index in [1.165, 1.54) is 0 Å². The van der Waals surface area contributed by atoms with Gasteiger partial charge in [-0.3, -0.25) is 19.9 Å². The number of pyridine rings is 6. The van der Waals surface area contributed by atoms with Crippen LogP contribution in [0.3, 0.4) is 0 Å². The van der Waals surface area contributed by atoms with Crippen molar-refractivity contribution in [1.29, 1.82) is 0 Å². The summed E-state index contributed by atoms with van der Waals surface area (Å²) >= 11 is 0. The van der Waals surface area contributed by atoms with Crippen molar-refractivity contribution in [3.8, 4) is 69.2 Å². The Morgan fingerprint density at radius 2 is 0.620 bits per heavy atom. The summed E-state index contributed by atoms with van der Waals surface area (Å²) in [4.78, 5) is 27.8. The highest BCUT2D eigenvalue weighted by atomic mass is 14.8. The molecule has 50 heavy (non-hydrogen) atoms. The molecule has 0 amide bonds. The zero-order valence-electron chi connectivity index (χ0n) is 26.7. The maximum atomic E-state index is 4.86. The number of hydrogen-bond donors (Lipinski definition) is 0. The first-order valence-corrected chi connectivity index (χ1v) is 16.0. The second-order valence-corrected chi connectivity index (χ2v) is 11.3. The Labute approximate surface area is 289 Å². The van der Waals surface area contributed by atoms with E-state index in [-0.39, 0.29) is 0 Å². The van der Waals surface area contributed by atoms with Crippen LogP contribution in [0.25, 0.3) is 56.3 Å². The molecule has 6 heterocycles. The third kappa shape index (κ3) is 6.59. The Hall–Kier alpha value is -7.28. The lowest BCUT2D eigenvalue weighted by Crippen LogP contribution is -1.94. The average Bonchev–Trinajstić information content (AvgIpc) is 3.20. The predicted octanol–water partition coefficient (Wildman–Crippen LogP) is 8.68. The number of aromatic nitrogens is 6. The van der Waals surface area contributed by atoms with E-state index >= 15 is 0 Å². The Balaban J connectivity index is 1.18. The Morgan fingerprint density at radius 3 is 0.920 bits per heavy atom. The Kier molecular flexibility index (Phi) is 8.32. The largest absolute Gasteiger partial charge is 0.255 e. The van der Waals surface area contributed by atoms with Crippen LogP contribution < -0.4 is 0 Å². The van der Waals surface area contributed by atoms with E-state index in [1.54, 1.807) is 24.8 Å². The van der Waals surface area contributed by atoms with E-state index in [0.29, 0.717) is 0 Å². The van der Waals surface area contributed by atoms with Crippen molar-refractivity contribution in [3.05, 3.63) is 181 Å². The smallest absolute Gasteiger partial charge is 0.0906 e. The minimum Gasteiger partial charge on any atom is -0.255 e. The van der Waals surface area contributed by atoms with E-state index < -0.39 is 0 Å². The number of nitrogens with zero attached hydrogens (tertiary/aromatic N) is 6. The number of fused-ring (bicyclic) bond motifs is 1. The molecule has 0 radical (unpaired) electrons. The van der Waals surface area contributed by atoms with Crippen LogP contribution in [-0.4, -0.2) is 29.9 Å². The maximum absolute atomic E-state index is 4.86. The van der Waals surface area contributed by atoms with Gasteiger partial charge in [0, 0.05) is 47.0 Å². The topological polar surface area (TPSA) is 77.3 Å². The quantitative estimate of drug-likeness (QED) is 0.180. The lowest BCUT2D eigenvalue weighted by molar-refractivity contribution is 1.21. The highest BCUT2D eigenvalue weighted by Crippen LogP contribution is 2.26. The standard InChI is InChI=1S/C44H26N6/c1-2-12-36-34(20-18-32-29-43(39-15-5-9-25-47-39)50-44(30-32)40-16-6-10-26-48-40)22-21-33(35(36)11-1)19-17-31-27-41(37-13-3-7-23-45-37)49-42(28-31)38-14-4-8-24-46-38/h1-16,21-30H. The molecule has 6 heteroatoms. The molecular formula is C44H26N6. The molecule has 2 aromatic carbocycles. The van der Waals surface area contributed by atoms with Crippen LogP contribution in [0.4, 0.5) is 0 Å². The van der Waals surface area contributed by atoms with E-state index in [4.69, 9.17) is 9.97 Å². The third-order valence-electron chi connectivity index (χ3n) is 7.97. The summed E-state index contributed by atoms with van der Waals surface area (Å²) in [5.74, 6) is 13.6. The predicted molar refractivity (Wildman–Crippen MR) is 197 cm³/mol. The summed E-state index contributed by atoms with van der Waals surface area (Å²) in [5.41, 5.74) is 9.49. The zero-order chi connectivity index (χ0) is 33.5. The summed E-state index contributed by atoms with van der Waals surface area (Å²) in [6.07, 6.45) is 7.06. The van der Waals surface area contributed by atoms with Gasteiger partial charge in [-0.15, -0.1) is 0 Å². The van der Waals surface area contributed by atoms with E-state index in [2.05, 4.69) is 55.8 Å². The zero-order valence-corrected chi connectivity index (χ0v) is 26.7. The minimum atomic E-state index is 0.738. The minimum absolute atomic E-state index is 0.738. The lowest BCUT2D eigenvalue weighted by atomic mass is 9.99. The van der Waals surface area contributed by atoms with Crippen LogP contribution in [0.1, 0.15) is 22.3 Å². The molecule has 0 fully saturated rings. The highest BCUT2D eigenvalue weighted by molar-refractivity contribution is 5.93. The summed E-state index contributed by atoms with van der Waals surface area (Å²) in [6.45, 7) is 0. The molecule has 8 aromatic rings. The van der Waals surface area contributed by atoms with Gasteiger partial charge >= 0.3 is 0 Å². The van der Waals surface area contributed by atoms with Crippen molar-refractivity contribution in [3.63, 3.8) is 0 Å². The lowest BCUT2D eigenvalue weighted by Gasteiger charge is -2.06. The van der Waals surface area contributed by atoms with E-state index in [9.17, 15) is 0 Å². The first kappa shape index (κ1) is 30.1. The molecule has 0 aliphatic heterocycles. The molecule has 0 saturated heterocycles. The molecule has 6 nitrogen and oxygen atoms in total. The molecule has 0 bridgehead atoms. The van der Waals surface area contributed by atoms with Gasteiger partial charge in [-0.1, -0.05) is 72.2 Å². The monoisotopic (exact) mass is 638 g/mol. The summed E-state index contributed by atoms with van der Waals surface area (Å²) in [7, 11) is 0. The Bertz CT molecular complexity index is 2290. The van der Waals surface area contributed by atoms with Crippen LogP contribution in [0.5, 0.6) is 0 Å². The Morgan fingerprint density at radius 1 is 0.300 bits per heavy atom. The van der Waals surface area contributed by atoms with Crippen LogP contribution in [-0.2, 0) is 0 Å². The molecule has 232 valence electrons. The molecule has 0 aliphatic rings. The van der Waals surface area contributed by atoms with Gasteiger partial charge in [0.25, 0.3) is 0 Å². The molecule has 0 N–H and O–H groups in total. The van der Waals surface area contributed by atoms with Crippen LogP contribution in [0, 0.1) is 23.7 Å². The van der Waals surface area contributed by atoms with Gasteiger partial charge in [0.1, 0.15) is 0 Å². The number of hydrogen-bond acceptors (Lipinski definition) is 6. The van der Waals surface area contributed by atoms with Crippen LogP contribution >= 0.6 is 0 Å². The average molecular weight is 639 g/mol. The van der Waals surface area contributed by atoms with Gasteiger partial charge < -0.3 is 0 Å². The second-order valence-electron chi connectivity index (χ2n) is 11.3. The molecule has 8 rings (SSSR count). The first-order valence-electron chi connectivity index (χ1n) is 16.0. The van der Waals surface area contributed by atoms with Crippen molar-refractivity contribution in [1.82, 2.24) is 29.9 Å². The first-order chi connectivity index (χ1) is 24.8. The molecule has 0 aliphatic carbocycles. The van der Waals surface area contributed by atoms with Crippen molar-refractivity contribution >= 4 is 10.8 Å². The van der Waals surface area contributed by atoms with Crippen molar-refractivity contribution in [2.24, 2.45) is 0 Å². The van der Waals surface area contributed by atoms with Gasteiger partial charge in [-0.2, -0.15) is 0 Å². The third-order valence-corrected chi connectivity index (χ3v) is 7.97. The van der Waals surface area contributed by atoms with Crippen molar-refractivity contribution in [2.45, 2.75) is 0 Å². The molecule has 0 unspecified atom stereocenters. The second kappa shape index (κ2) is 13.8. The van der Waals surface area contributed by atoms with Crippen molar-refractivity contribution in [2.75, 3.05) is 0 Å². The van der Waals surface area contributed by atoms with Gasteiger partial charge in [0.05, 0.1) is 45.6 Å². The molecule has 0 saturated carbocycles. The maximum Gasteiger partial charge on any atom is 0.0906 e. The summed E-state index contributed by atoms with van der Waals surface area (Å²) in [6, 6.07) is 43.3. The van der Waals surface area contributed by atoms with Gasteiger partial charge in [0.15, 0.2) is 0 Å². The van der Waals surface area contributed by atoms with Crippen LogP contribution in [0.15, 0.2) is 158 Å². The number of rotatable bonds is 4. The summed E-state index contributed by atoms with van der Waals surface area (Å²) < 4.78 is 0. The molecular weight excluding hydrogens is 613 g/mol. The molecule has 0 atom stereocenters. The van der Waals surface area contributed by atoms with Gasteiger partial charge in [-0.05, 0) is 95.7 Å². The fraction of sp³-hybridized carbons (Fsp3) is 0. The summed E-state index contributed by atoms with van der Waals surface area (Å²) in [5, 5.41) is 2.04. The van der Waals surface area contributed by atoms with Crippen LogP contribution in [0.2, 0.25) is 0 Å². The van der Waals surface area contributed by atoms with Gasteiger partial charge in [-0.25, -0.2) is 9.97 Å². The van der Waals surface area contributed by atoms with E-state index in [1.807, 2.05) is 121 Å².